The Morgan fingerprint density at radius 1 is 0.705 bits per heavy atom. The summed E-state index contributed by atoms with van der Waals surface area (Å²) in [4.78, 5) is 35.0. The lowest BCUT2D eigenvalue weighted by atomic mass is 10.0. The van der Waals surface area contributed by atoms with Crippen molar-refractivity contribution in [2.75, 3.05) is 26.4 Å². The van der Waals surface area contributed by atoms with Gasteiger partial charge in [0.1, 0.15) is 18.1 Å². The lowest BCUT2D eigenvalue weighted by molar-refractivity contribution is -0.161. The number of phosphoric ester groups is 1. The van der Waals surface area contributed by atoms with E-state index < -0.39 is 38.6 Å². The predicted octanol–water partition coefficient (Wildman–Crippen LogP) is 11.7. The Morgan fingerprint density at radius 2 is 1.30 bits per heavy atom. The molecule has 0 bridgehead atoms. The third-order valence-electron chi connectivity index (χ3n) is 9.90. The van der Waals surface area contributed by atoms with Gasteiger partial charge in [-0.3, -0.25) is 18.6 Å². The highest BCUT2D eigenvalue weighted by atomic mass is 31.2. The molecule has 4 N–H and O–H groups in total. The summed E-state index contributed by atoms with van der Waals surface area (Å²) >= 11 is 0. The largest absolute Gasteiger partial charge is 0.472 e. The Labute approximate surface area is 368 Å². The van der Waals surface area contributed by atoms with Crippen molar-refractivity contribution in [3.63, 3.8) is 0 Å². The van der Waals surface area contributed by atoms with Gasteiger partial charge in [-0.2, -0.15) is 0 Å². The van der Waals surface area contributed by atoms with Crippen LogP contribution in [0.25, 0.3) is 0 Å². The number of aliphatic hydroxyl groups is 1. The molecule has 0 spiro atoms. The first-order chi connectivity index (χ1) is 29.5. The topological polar surface area (TPSA) is 168 Å². The molecular formula is C49H80NO10P. The van der Waals surface area contributed by atoms with Crippen molar-refractivity contribution < 1.29 is 47.1 Å². The molecule has 0 amide bonds. The molecule has 0 radical (unpaired) electrons. The number of aliphatic hydroxyl groups excluding tert-OH is 1. The third kappa shape index (κ3) is 31.2. The average Bonchev–Trinajstić information content (AvgIpc) is 3.51. The number of nitrogens with two attached hydrogens (primary N) is 1. The molecule has 3 atom stereocenters. The van der Waals surface area contributed by atoms with E-state index in [0.717, 1.165) is 82.1 Å². The van der Waals surface area contributed by atoms with E-state index in [1.807, 2.05) is 18.2 Å². The van der Waals surface area contributed by atoms with Gasteiger partial charge in [-0.25, -0.2) is 4.57 Å². The quantitative estimate of drug-likeness (QED) is 0.0190. The maximum absolute atomic E-state index is 12.6. The van der Waals surface area contributed by atoms with E-state index in [2.05, 4.69) is 64.2 Å². The zero-order valence-electron chi connectivity index (χ0n) is 37.9. The third-order valence-corrected chi connectivity index (χ3v) is 10.9. The van der Waals surface area contributed by atoms with Gasteiger partial charge in [0.25, 0.3) is 0 Å². The summed E-state index contributed by atoms with van der Waals surface area (Å²) in [5.74, 6) is 1.28. The van der Waals surface area contributed by atoms with Crippen molar-refractivity contribution >= 4 is 19.8 Å². The predicted molar refractivity (Wildman–Crippen MR) is 247 cm³/mol. The van der Waals surface area contributed by atoms with Gasteiger partial charge < -0.3 is 29.6 Å². The summed E-state index contributed by atoms with van der Waals surface area (Å²) < 4.78 is 38.9. The van der Waals surface area contributed by atoms with Gasteiger partial charge in [0.2, 0.25) is 0 Å². The fourth-order valence-corrected chi connectivity index (χ4v) is 6.98. The van der Waals surface area contributed by atoms with Crippen LogP contribution in [0, 0.1) is 13.8 Å². The number of ether oxygens (including phenoxy) is 2. The Hall–Kier alpha value is -3.31. The van der Waals surface area contributed by atoms with Crippen LogP contribution in [0.1, 0.15) is 158 Å². The second-order valence-electron chi connectivity index (χ2n) is 15.3. The first-order valence-corrected chi connectivity index (χ1v) is 24.4. The van der Waals surface area contributed by atoms with Gasteiger partial charge in [0, 0.05) is 32.2 Å². The molecule has 1 heterocycles. The fraction of sp³-hybridized carbons (Fsp3) is 0.633. The molecule has 61 heavy (non-hydrogen) atoms. The molecule has 12 heteroatoms. The highest BCUT2D eigenvalue weighted by Crippen LogP contribution is 2.43. The SMILES string of the molecule is CC/C=C\C/C=C\C/C=C\C/C=C\C=C/C(O)C/C=C\CCC(=O)O[C@H](COC(=O)CCCCCCCCCCc1oc(CCCCC)c(C)c1C)COP(=O)(O)OCCN. The Bertz CT molecular complexity index is 1520. The Kier molecular flexibility index (Phi) is 34.0. The second-order valence-corrected chi connectivity index (χ2v) is 16.8. The standard InChI is InChI=1S/C49H80NO10P/c1-5-7-9-10-11-12-13-14-15-16-19-22-27-32-44(51)33-28-25-31-37-49(53)59-45(41-58-61(54,55)57-39-38-50)40-56-48(52)36-30-24-21-18-17-20-23-29-35-47-43(4)42(3)46(60-47)34-26-8-6-2/h7,9,11-12,14-15,19,22,25,27-28,32,44-45,51H,5-6,8,10,13,16-18,20-21,23-24,26,29-31,33-41,50H2,1-4H3,(H,54,55)/b9-7-,12-11-,15-14-,22-19-,28-25-,32-27-/t44?,45-/m1/s1. The minimum atomic E-state index is -4.44. The van der Waals surface area contributed by atoms with Crippen LogP contribution in [0.15, 0.2) is 77.3 Å². The fourth-order valence-electron chi connectivity index (χ4n) is 6.22. The van der Waals surface area contributed by atoms with E-state index in [-0.39, 0.29) is 32.6 Å². The summed E-state index contributed by atoms with van der Waals surface area (Å²) in [6, 6.07) is 0. The van der Waals surface area contributed by atoms with Gasteiger partial charge in [0.05, 0.1) is 19.3 Å². The molecule has 0 aliphatic rings. The van der Waals surface area contributed by atoms with E-state index >= 15 is 0 Å². The van der Waals surface area contributed by atoms with E-state index in [1.165, 1.54) is 43.2 Å². The van der Waals surface area contributed by atoms with Crippen LogP contribution in [-0.4, -0.2) is 60.5 Å². The van der Waals surface area contributed by atoms with Crippen molar-refractivity contribution in [2.45, 2.75) is 175 Å². The summed E-state index contributed by atoms with van der Waals surface area (Å²) in [6.45, 7) is 7.69. The molecule has 0 saturated carbocycles. The monoisotopic (exact) mass is 874 g/mol. The minimum Gasteiger partial charge on any atom is -0.466 e. The smallest absolute Gasteiger partial charge is 0.466 e. The number of hydrogen-bond donors (Lipinski definition) is 3. The molecule has 346 valence electrons. The van der Waals surface area contributed by atoms with E-state index in [0.29, 0.717) is 19.3 Å². The molecule has 2 unspecified atom stereocenters. The molecule has 0 aromatic carbocycles. The number of esters is 2. The summed E-state index contributed by atoms with van der Waals surface area (Å²) in [5.41, 5.74) is 7.98. The number of allylic oxidation sites excluding steroid dienone is 10. The lowest BCUT2D eigenvalue weighted by Crippen LogP contribution is -2.29. The van der Waals surface area contributed by atoms with Crippen LogP contribution in [-0.2, 0) is 45.5 Å². The van der Waals surface area contributed by atoms with Crippen molar-refractivity contribution in [2.24, 2.45) is 5.73 Å². The number of phosphoric acid groups is 1. The number of aryl methyl sites for hydroxylation is 2. The average molecular weight is 874 g/mol. The number of carbonyl (C=O) groups excluding carboxylic acids is 2. The van der Waals surface area contributed by atoms with Gasteiger partial charge in [-0.15, -0.1) is 0 Å². The summed E-state index contributed by atoms with van der Waals surface area (Å²) in [7, 11) is -4.44. The molecular weight excluding hydrogens is 794 g/mol. The molecule has 0 fully saturated rings. The van der Waals surface area contributed by atoms with Gasteiger partial charge in [0.15, 0.2) is 6.10 Å². The molecule has 0 saturated heterocycles. The number of unbranched alkanes of at least 4 members (excludes halogenated alkanes) is 9. The first kappa shape index (κ1) is 55.7. The van der Waals surface area contributed by atoms with Crippen molar-refractivity contribution in [3.8, 4) is 0 Å². The molecule has 0 aliphatic carbocycles. The van der Waals surface area contributed by atoms with Crippen LogP contribution in [0.5, 0.6) is 0 Å². The molecule has 11 nitrogen and oxygen atoms in total. The van der Waals surface area contributed by atoms with Crippen LogP contribution in [0.3, 0.4) is 0 Å². The van der Waals surface area contributed by atoms with E-state index in [4.69, 9.17) is 28.7 Å². The van der Waals surface area contributed by atoms with Gasteiger partial charge in [-0.1, -0.05) is 138 Å². The normalized spacial score (nSPS) is 14.4. The molecule has 1 aromatic rings. The number of carbonyl (C=O) groups is 2. The number of hydrogen-bond acceptors (Lipinski definition) is 10. The summed E-state index contributed by atoms with van der Waals surface area (Å²) in [6.07, 6.45) is 40.8. The van der Waals surface area contributed by atoms with Crippen LogP contribution in [0.4, 0.5) is 0 Å². The van der Waals surface area contributed by atoms with E-state index in [9.17, 15) is 24.2 Å². The van der Waals surface area contributed by atoms with Gasteiger partial charge in [-0.05, 0) is 82.8 Å². The van der Waals surface area contributed by atoms with Crippen LogP contribution in [0.2, 0.25) is 0 Å². The Balaban J connectivity index is 2.34. The van der Waals surface area contributed by atoms with Crippen LogP contribution < -0.4 is 5.73 Å². The summed E-state index contributed by atoms with van der Waals surface area (Å²) in [5, 5.41) is 10.2. The number of furan rings is 1. The molecule has 1 rings (SSSR count). The highest BCUT2D eigenvalue weighted by Gasteiger charge is 2.26. The van der Waals surface area contributed by atoms with Crippen molar-refractivity contribution in [1.29, 1.82) is 0 Å². The number of rotatable bonds is 38. The maximum Gasteiger partial charge on any atom is 0.472 e. The second kappa shape index (κ2) is 37.3. The highest BCUT2D eigenvalue weighted by molar-refractivity contribution is 7.47. The zero-order valence-corrected chi connectivity index (χ0v) is 38.8. The first-order valence-electron chi connectivity index (χ1n) is 22.9. The zero-order chi connectivity index (χ0) is 44.8. The molecule has 0 aliphatic heterocycles. The van der Waals surface area contributed by atoms with Crippen LogP contribution >= 0.6 is 7.82 Å². The van der Waals surface area contributed by atoms with Crippen molar-refractivity contribution in [3.05, 3.63) is 95.6 Å². The Morgan fingerprint density at radius 3 is 1.92 bits per heavy atom. The van der Waals surface area contributed by atoms with Crippen molar-refractivity contribution in [1.82, 2.24) is 0 Å². The lowest BCUT2D eigenvalue weighted by Gasteiger charge is -2.19. The molecule has 1 aromatic heterocycles. The van der Waals surface area contributed by atoms with Gasteiger partial charge >= 0.3 is 19.8 Å². The maximum atomic E-state index is 12.6. The van der Waals surface area contributed by atoms with E-state index in [1.54, 1.807) is 18.2 Å². The minimum absolute atomic E-state index is 0.0126.